The Balaban J connectivity index is 0. The molecule has 0 radical (unpaired) electrons. The van der Waals surface area contributed by atoms with Crippen LogP contribution in [-0.4, -0.2) is 47.3 Å². The zero-order valence-electron chi connectivity index (χ0n) is 1.58. The molecule has 0 saturated carbocycles. The third kappa shape index (κ3) is 8.84. The van der Waals surface area contributed by atoms with Gasteiger partial charge in [-0.2, -0.15) is 0 Å². The minimum Gasteiger partial charge on any atom is -2.00 e. The topological polar surface area (TPSA) is 0 Å². The number of hydrogen-bond acceptors (Lipinski definition) is 0. The molecular weight excluding hydrogens is 495 g/mol. The summed E-state index contributed by atoms with van der Waals surface area (Å²) in [5.41, 5.74) is 0. The summed E-state index contributed by atoms with van der Waals surface area (Å²) in [5.74, 6) is 0. The van der Waals surface area contributed by atoms with Crippen molar-refractivity contribution in [2.24, 2.45) is 0 Å². The quantitative estimate of drug-likeness (QED) is 0.388. The molecule has 0 nitrogen and oxygen atoms in total. The third-order valence-corrected chi connectivity index (χ3v) is 0. The van der Waals surface area contributed by atoms with E-state index < -0.39 is 0 Å². The fourth-order valence-corrected chi connectivity index (χ4v) is 0. The van der Waals surface area contributed by atoms with Gasteiger partial charge in [0.25, 0.3) is 0 Å². The van der Waals surface area contributed by atoms with E-state index in [1.165, 1.54) is 0 Å². The summed E-state index contributed by atoms with van der Waals surface area (Å²) in [6.07, 6.45) is 0. The van der Waals surface area contributed by atoms with Crippen LogP contribution in [0.2, 0.25) is 0 Å². The molecule has 0 N–H and O–H groups in total. The van der Waals surface area contributed by atoms with Crippen molar-refractivity contribution < 1.29 is 38.9 Å². The van der Waals surface area contributed by atoms with E-state index in [0.29, 0.717) is 0 Å². The first-order valence-corrected chi connectivity index (χ1v) is 0. The summed E-state index contributed by atoms with van der Waals surface area (Å²) in [6.45, 7) is 0. The van der Waals surface area contributed by atoms with Crippen LogP contribution in [0.4, 0.5) is 0 Å². The molecule has 0 atom stereocenters. The molecular formula is NiTaTe2+3. The minimum absolute atomic E-state index is 0. The maximum absolute atomic E-state index is 0. The second-order valence-corrected chi connectivity index (χ2v) is 0. The summed E-state index contributed by atoms with van der Waals surface area (Å²) < 4.78 is 0. The Labute approximate surface area is 84.7 Å². The number of hydrogen-bond donors (Lipinski definition) is 0. The molecule has 0 aromatic carbocycles. The van der Waals surface area contributed by atoms with Crippen LogP contribution in [0.25, 0.3) is 0 Å². The predicted octanol–water partition coefficient (Wildman–Crippen LogP) is -0.767. The van der Waals surface area contributed by atoms with Gasteiger partial charge < -0.3 is 47.3 Å². The van der Waals surface area contributed by atoms with Gasteiger partial charge >= 0.3 is 38.9 Å². The summed E-state index contributed by atoms with van der Waals surface area (Å²) in [6, 6.07) is 0. The van der Waals surface area contributed by atoms with E-state index in [9.17, 15) is 0 Å². The Morgan fingerprint density at radius 1 is 0.750 bits per heavy atom. The zero-order valence-corrected chi connectivity index (χ0v) is 10.4. The van der Waals surface area contributed by atoms with Crippen molar-refractivity contribution in [3.63, 3.8) is 0 Å². The first kappa shape index (κ1) is 29.1. The van der Waals surface area contributed by atoms with Crippen LogP contribution in [0.1, 0.15) is 0 Å². The summed E-state index contributed by atoms with van der Waals surface area (Å²) >= 11 is 0. The first-order valence-electron chi connectivity index (χ1n) is 0. The van der Waals surface area contributed by atoms with Gasteiger partial charge in [-0.1, -0.05) is 0 Å². The molecule has 0 aliphatic rings. The molecule has 4 heteroatoms. The van der Waals surface area contributed by atoms with E-state index in [2.05, 4.69) is 0 Å². The molecule has 0 saturated heterocycles. The van der Waals surface area contributed by atoms with Crippen molar-refractivity contribution >= 4 is 47.3 Å². The zero-order chi connectivity index (χ0) is 0. The van der Waals surface area contributed by atoms with Crippen molar-refractivity contribution in [3.8, 4) is 0 Å². The summed E-state index contributed by atoms with van der Waals surface area (Å²) in [7, 11) is 0. The van der Waals surface area contributed by atoms with Crippen LogP contribution < -0.4 is 0 Å². The van der Waals surface area contributed by atoms with E-state index in [1.807, 2.05) is 0 Å². The van der Waals surface area contributed by atoms with Crippen LogP contribution in [0.5, 0.6) is 0 Å². The van der Waals surface area contributed by atoms with E-state index in [0.717, 1.165) is 0 Å². The fourth-order valence-electron chi connectivity index (χ4n) is 0. The van der Waals surface area contributed by atoms with E-state index in [1.54, 1.807) is 0 Å². The van der Waals surface area contributed by atoms with Crippen LogP contribution in [0.15, 0.2) is 0 Å². The Morgan fingerprint density at radius 3 is 0.750 bits per heavy atom. The Bertz CT molecular complexity index is 6.00. The normalized spacial score (nSPS) is 0. The molecule has 0 aromatic rings. The average molecular weight is 495 g/mol. The predicted molar refractivity (Wildman–Crippen MR) is 11.5 cm³/mol. The van der Waals surface area contributed by atoms with Crippen molar-refractivity contribution in [1.29, 1.82) is 0 Å². The van der Waals surface area contributed by atoms with Gasteiger partial charge in [0, 0.05) is 0 Å². The average Bonchev–Trinajstić information content (AvgIpc) is 0. The van der Waals surface area contributed by atoms with Gasteiger partial charge in [-0.05, 0) is 0 Å². The first-order chi connectivity index (χ1) is 0. The van der Waals surface area contributed by atoms with Crippen LogP contribution >= 0.6 is 0 Å². The SMILES string of the molecule is [Ni+2].[Ta+5].[Te-2].[Te-2]. The van der Waals surface area contributed by atoms with Gasteiger partial charge in [0.05, 0.1) is 0 Å². The molecule has 0 rings (SSSR count). The van der Waals surface area contributed by atoms with Crippen molar-refractivity contribution in [2.75, 3.05) is 0 Å². The minimum atomic E-state index is 0. The van der Waals surface area contributed by atoms with E-state index >= 15 is 0 Å². The number of rotatable bonds is 0. The molecule has 0 aromatic heterocycles. The third-order valence-electron chi connectivity index (χ3n) is 0. The molecule has 0 spiro atoms. The second kappa shape index (κ2) is 17.0. The van der Waals surface area contributed by atoms with Gasteiger partial charge in [0.1, 0.15) is 0 Å². The second-order valence-electron chi connectivity index (χ2n) is 0. The van der Waals surface area contributed by atoms with Gasteiger partial charge in [0.15, 0.2) is 0 Å². The molecule has 24 valence electrons. The van der Waals surface area contributed by atoms with Crippen molar-refractivity contribution in [2.45, 2.75) is 0 Å². The molecule has 0 amide bonds. The molecule has 0 unspecified atom stereocenters. The Kier molecular flexibility index (Phi) is 124. The molecule has 4 heavy (non-hydrogen) atoms. The Hall–Kier alpha value is 2.81. The summed E-state index contributed by atoms with van der Waals surface area (Å²) in [5, 5.41) is 0. The van der Waals surface area contributed by atoms with Gasteiger partial charge in [-0.3, -0.25) is 0 Å². The van der Waals surface area contributed by atoms with Crippen molar-refractivity contribution in [1.82, 2.24) is 0 Å². The van der Waals surface area contributed by atoms with E-state index in [4.69, 9.17) is 0 Å². The van der Waals surface area contributed by atoms with Crippen LogP contribution in [0, 0.1) is 0 Å². The molecule has 0 fully saturated rings. The van der Waals surface area contributed by atoms with Gasteiger partial charge in [-0.25, -0.2) is 0 Å². The monoisotopic (exact) mass is 499 g/mol. The molecule has 0 bridgehead atoms. The van der Waals surface area contributed by atoms with Crippen molar-refractivity contribution in [3.05, 3.63) is 0 Å². The van der Waals surface area contributed by atoms with E-state index in [-0.39, 0.29) is 86.2 Å². The smallest absolute Gasteiger partial charge is 2.00 e. The largest absolute Gasteiger partial charge is 5.00 e. The Morgan fingerprint density at radius 2 is 0.750 bits per heavy atom. The van der Waals surface area contributed by atoms with Crippen LogP contribution in [-0.2, 0) is 38.9 Å². The van der Waals surface area contributed by atoms with Crippen LogP contribution in [0.3, 0.4) is 0 Å². The molecule has 0 aliphatic heterocycles. The summed E-state index contributed by atoms with van der Waals surface area (Å²) in [4.78, 5) is 0. The molecule has 0 heterocycles. The molecule has 0 aliphatic carbocycles. The maximum Gasteiger partial charge on any atom is 5.00 e. The maximum atomic E-state index is 0. The van der Waals surface area contributed by atoms with Gasteiger partial charge in [0.2, 0.25) is 0 Å². The van der Waals surface area contributed by atoms with Gasteiger partial charge in [-0.15, -0.1) is 0 Å². The standard InChI is InChI=1S/Ni.Ta.2Te/q+2;+5;2*-2. The fraction of sp³-hybridized carbons (Fsp3) is 0.